The number of nitrogens with two attached hydrogens (primary N) is 1. The van der Waals surface area contributed by atoms with Crippen molar-refractivity contribution in [2.75, 3.05) is 26.3 Å². The van der Waals surface area contributed by atoms with Crippen molar-refractivity contribution in [1.29, 1.82) is 0 Å². The summed E-state index contributed by atoms with van der Waals surface area (Å²) in [6, 6.07) is 0. The Kier molecular flexibility index (Phi) is 4.60. The zero-order chi connectivity index (χ0) is 14.6. The Morgan fingerprint density at radius 1 is 1.30 bits per heavy atom. The predicted molar refractivity (Wildman–Crippen MR) is 82.7 cm³/mol. The van der Waals surface area contributed by atoms with Crippen LogP contribution in [0.4, 0.5) is 0 Å². The van der Waals surface area contributed by atoms with Crippen molar-refractivity contribution in [3.8, 4) is 0 Å². The average Bonchev–Trinajstić information content (AvgIpc) is 2.39. The molecule has 110 valence electrons. The van der Waals surface area contributed by atoms with E-state index >= 15 is 0 Å². The Labute approximate surface area is 120 Å². The third-order valence-corrected chi connectivity index (χ3v) is 3.80. The molecule has 5 heteroatoms. The molecule has 3 aliphatic rings. The zero-order valence-electron chi connectivity index (χ0n) is 12.4. The number of ether oxygens (including phenoxy) is 1. The molecule has 0 aromatic carbocycles. The van der Waals surface area contributed by atoms with Gasteiger partial charge in [0.25, 0.3) is 0 Å². The molecule has 0 aromatic heterocycles. The van der Waals surface area contributed by atoms with E-state index in [4.69, 9.17) is 10.5 Å². The van der Waals surface area contributed by atoms with Gasteiger partial charge in [-0.25, -0.2) is 9.98 Å². The second kappa shape index (κ2) is 6.22. The monoisotopic (exact) mass is 276 g/mol. The molecule has 2 fully saturated rings. The molecule has 5 nitrogen and oxygen atoms in total. The Morgan fingerprint density at radius 3 is 2.45 bits per heavy atom. The number of rotatable bonds is 2. The van der Waals surface area contributed by atoms with Crippen LogP contribution in [-0.4, -0.2) is 43.9 Å². The van der Waals surface area contributed by atoms with Gasteiger partial charge in [-0.3, -0.25) is 0 Å². The molecule has 0 amide bonds. The van der Waals surface area contributed by atoms with Gasteiger partial charge in [0, 0.05) is 24.5 Å². The van der Waals surface area contributed by atoms with Gasteiger partial charge in [-0.05, 0) is 31.7 Å². The summed E-state index contributed by atoms with van der Waals surface area (Å²) in [5, 5.41) is 0. The molecule has 2 heterocycles. The van der Waals surface area contributed by atoms with Gasteiger partial charge in [-0.1, -0.05) is 13.8 Å². The van der Waals surface area contributed by atoms with Crippen molar-refractivity contribution in [2.24, 2.45) is 21.1 Å². The zero-order valence-corrected chi connectivity index (χ0v) is 12.4. The van der Waals surface area contributed by atoms with Crippen LogP contribution >= 0.6 is 0 Å². The SMILES string of the molecule is C=NC(N)=NC1=CC=C(N2CC3(COC3)C2)CC1.CC. The van der Waals surface area contributed by atoms with Crippen molar-refractivity contribution in [2.45, 2.75) is 26.7 Å². The first-order valence-electron chi connectivity index (χ1n) is 7.24. The molecule has 2 N–H and O–H groups in total. The van der Waals surface area contributed by atoms with Crippen molar-refractivity contribution >= 4 is 12.7 Å². The lowest BCUT2D eigenvalue weighted by Crippen LogP contribution is -2.65. The van der Waals surface area contributed by atoms with Crippen LogP contribution in [-0.2, 0) is 4.74 Å². The number of likely N-dealkylation sites (tertiary alicyclic amines) is 1. The van der Waals surface area contributed by atoms with E-state index in [1.807, 2.05) is 19.9 Å². The van der Waals surface area contributed by atoms with Gasteiger partial charge in [0.1, 0.15) is 0 Å². The molecular weight excluding hydrogens is 252 g/mol. The molecule has 0 saturated carbocycles. The molecule has 1 aliphatic carbocycles. The minimum absolute atomic E-state index is 0.243. The highest BCUT2D eigenvalue weighted by atomic mass is 16.5. The van der Waals surface area contributed by atoms with Crippen LogP contribution in [0.3, 0.4) is 0 Å². The normalized spacial score (nSPS) is 23.7. The molecular formula is C15H24N4O. The summed E-state index contributed by atoms with van der Waals surface area (Å²) >= 11 is 0. The van der Waals surface area contributed by atoms with Crippen LogP contribution < -0.4 is 5.73 Å². The van der Waals surface area contributed by atoms with Crippen LogP contribution in [0.2, 0.25) is 0 Å². The molecule has 0 bridgehead atoms. The fraction of sp³-hybridized carbons (Fsp3) is 0.600. The number of aliphatic imine (C=N–C) groups is 2. The first-order valence-corrected chi connectivity index (χ1v) is 7.24. The molecule has 2 aliphatic heterocycles. The van der Waals surface area contributed by atoms with E-state index < -0.39 is 0 Å². The summed E-state index contributed by atoms with van der Waals surface area (Å²) in [6.07, 6.45) is 6.11. The summed E-state index contributed by atoms with van der Waals surface area (Å²) in [6.45, 7) is 11.5. The highest BCUT2D eigenvalue weighted by molar-refractivity contribution is 5.83. The van der Waals surface area contributed by atoms with E-state index in [1.54, 1.807) is 0 Å². The minimum atomic E-state index is 0.243. The van der Waals surface area contributed by atoms with Crippen molar-refractivity contribution in [3.63, 3.8) is 0 Å². The summed E-state index contributed by atoms with van der Waals surface area (Å²) in [5.41, 5.74) is 8.38. The maximum atomic E-state index is 5.53. The van der Waals surface area contributed by atoms with Gasteiger partial charge < -0.3 is 15.4 Å². The summed E-state index contributed by atoms with van der Waals surface area (Å²) in [5.74, 6) is 0.243. The Hall–Kier alpha value is -1.62. The second-order valence-electron chi connectivity index (χ2n) is 5.29. The quantitative estimate of drug-likeness (QED) is 0.619. The van der Waals surface area contributed by atoms with Crippen LogP contribution in [0.15, 0.2) is 33.5 Å². The van der Waals surface area contributed by atoms with Gasteiger partial charge >= 0.3 is 0 Å². The van der Waals surface area contributed by atoms with Gasteiger partial charge in [0.05, 0.1) is 18.6 Å². The third kappa shape index (κ3) is 2.93. The van der Waals surface area contributed by atoms with Crippen LogP contribution in [0.25, 0.3) is 0 Å². The molecule has 20 heavy (non-hydrogen) atoms. The van der Waals surface area contributed by atoms with Crippen molar-refractivity contribution in [1.82, 2.24) is 4.90 Å². The lowest BCUT2D eigenvalue weighted by molar-refractivity contribution is -0.180. The second-order valence-corrected chi connectivity index (χ2v) is 5.29. The largest absolute Gasteiger partial charge is 0.380 e. The number of nitrogens with zero attached hydrogens (tertiary/aromatic N) is 3. The van der Waals surface area contributed by atoms with Gasteiger partial charge in [-0.2, -0.15) is 0 Å². The van der Waals surface area contributed by atoms with Crippen LogP contribution in [0.5, 0.6) is 0 Å². The van der Waals surface area contributed by atoms with Crippen molar-refractivity contribution < 1.29 is 4.74 Å². The Balaban J connectivity index is 0.000000704. The Morgan fingerprint density at radius 2 is 2.00 bits per heavy atom. The van der Waals surface area contributed by atoms with Gasteiger partial charge in [0.15, 0.2) is 0 Å². The standard InChI is InChI=1S/C13H18N4O.C2H6/c1-15-12(14)16-10-2-4-11(5-3-10)17-6-13(7-17)8-18-9-13;1-2/h2,4H,1,3,5-9H2,(H2,14,16);1-2H3. The van der Waals surface area contributed by atoms with Crippen LogP contribution in [0.1, 0.15) is 26.7 Å². The minimum Gasteiger partial charge on any atom is -0.380 e. The van der Waals surface area contributed by atoms with E-state index in [2.05, 4.69) is 27.7 Å². The topological polar surface area (TPSA) is 63.2 Å². The number of guanidine groups is 1. The predicted octanol–water partition coefficient (Wildman–Crippen LogP) is 1.92. The Bertz CT molecular complexity index is 452. The molecule has 0 unspecified atom stereocenters. The maximum absolute atomic E-state index is 5.53. The molecule has 3 rings (SSSR count). The molecule has 2 saturated heterocycles. The summed E-state index contributed by atoms with van der Waals surface area (Å²) in [7, 11) is 0. The van der Waals surface area contributed by atoms with Crippen molar-refractivity contribution in [3.05, 3.63) is 23.5 Å². The maximum Gasteiger partial charge on any atom is 0.219 e. The summed E-state index contributed by atoms with van der Waals surface area (Å²) in [4.78, 5) is 10.2. The first-order chi connectivity index (χ1) is 9.71. The number of hydrogen-bond acceptors (Lipinski definition) is 3. The van der Waals surface area contributed by atoms with Crippen LogP contribution in [0, 0.1) is 5.41 Å². The van der Waals surface area contributed by atoms with E-state index in [-0.39, 0.29) is 5.96 Å². The molecule has 0 radical (unpaired) electrons. The molecule has 0 atom stereocenters. The first kappa shape index (κ1) is 14.8. The number of allylic oxidation sites excluding steroid dienone is 4. The van der Waals surface area contributed by atoms with E-state index in [9.17, 15) is 0 Å². The summed E-state index contributed by atoms with van der Waals surface area (Å²) < 4.78 is 5.28. The van der Waals surface area contributed by atoms with E-state index in [1.165, 1.54) is 5.70 Å². The highest BCUT2D eigenvalue weighted by Gasteiger charge is 2.49. The fourth-order valence-electron chi connectivity index (χ4n) is 2.69. The smallest absolute Gasteiger partial charge is 0.219 e. The van der Waals surface area contributed by atoms with Gasteiger partial charge in [-0.15, -0.1) is 0 Å². The third-order valence-electron chi connectivity index (χ3n) is 3.80. The molecule has 1 spiro atoms. The van der Waals surface area contributed by atoms with E-state index in [0.717, 1.165) is 44.8 Å². The van der Waals surface area contributed by atoms with Gasteiger partial charge in [0.2, 0.25) is 5.96 Å². The lowest BCUT2D eigenvalue weighted by Gasteiger charge is -2.56. The number of hydrogen-bond donors (Lipinski definition) is 1. The fourth-order valence-corrected chi connectivity index (χ4v) is 2.69. The highest BCUT2D eigenvalue weighted by Crippen LogP contribution is 2.41. The average molecular weight is 276 g/mol. The lowest BCUT2D eigenvalue weighted by atomic mass is 9.77. The van der Waals surface area contributed by atoms with E-state index in [0.29, 0.717) is 5.41 Å². The molecule has 0 aromatic rings.